The number of phenolic OH excluding ortho intramolecular Hbond substituents is 1. The Balaban J connectivity index is 2.36. The van der Waals surface area contributed by atoms with Crippen LogP contribution in [0.15, 0.2) is 30.9 Å². The minimum Gasteiger partial charge on any atom is -0.508 e. The number of rotatable bonds is 7. The minimum atomic E-state index is -0.323. The molecule has 0 unspecified atom stereocenters. The summed E-state index contributed by atoms with van der Waals surface area (Å²) in [6, 6.07) is 4.26. The molecule has 0 aliphatic carbocycles. The van der Waals surface area contributed by atoms with Crippen molar-refractivity contribution in [3.63, 3.8) is 0 Å². The van der Waals surface area contributed by atoms with E-state index in [4.69, 9.17) is 10.5 Å². The van der Waals surface area contributed by atoms with Crippen molar-refractivity contribution in [2.75, 3.05) is 25.5 Å². The average Bonchev–Trinajstić information content (AvgIpc) is 2.36. The molecule has 98 valence electrons. The second-order valence-corrected chi connectivity index (χ2v) is 3.72. The number of hydrogen-bond donors (Lipinski definition) is 3. The number of ether oxygens (including phenoxy) is 1. The highest BCUT2D eigenvalue weighted by molar-refractivity contribution is 5.99. The fourth-order valence-corrected chi connectivity index (χ4v) is 1.34. The van der Waals surface area contributed by atoms with Crippen molar-refractivity contribution >= 4 is 11.6 Å². The predicted molar refractivity (Wildman–Crippen MR) is 70.5 cm³/mol. The van der Waals surface area contributed by atoms with Gasteiger partial charge in [0.15, 0.2) is 0 Å². The van der Waals surface area contributed by atoms with Crippen molar-refractivity contribution < 1.29 is 14.6 Å². The summed E-state index contributed by atoms with van der Waals surface area (Å²) in [4.78, 5) is 11.7. The van der Waals surface area contributed by atoms with Crippen LogP contribution in [-0.2, 0) is 4.74 Å². The molecule has 0 aliphatic heterocycles. The van der Waals surface area contributed by atoms with Gasteiger partial charge in [0.05, 0.1) is 18.8 Å². The molecule has 0 aromatic heterocycles. The Labute approximate surface area is 106 Å². The predicted octanol–water partition coefficient (Wildman–Crippen LogP) is 1.30. The van der Waals surface area contributed by atoms with E-state index in [1.807, 2.05) is 0 Å². The second kappa shape index (κ2) is 7.34. The maximum Gasteiger partial charge on any atom is 0.253 e. The zero-order chi connectivity index (χ0) is 13.4. The molecule has 1 aromatic carbocycles. The number of phenols is 1. The first-order valence-corrected chi connectivity index (χ1v) is 5.70. The quantitative estimate of drug-likeness (QED) is 0.295. The lowest BCUT2D eigenvalue weighted by Crippen LogP contribution is -2.28. The van der Waals surface area contributed by atoms with Gasteiger partial charge in [0, 0.05) is 12.2 Å². The Morgan fingerprint density at radius 3 is 3.00 bits per heavy atom. The maximum absolute atomic E-state index is 11.7. The molecular weight excluding hydrogens is 232 g/mol. The topological polar surface area (TPSA) is 84.6 Å². The molecule has 1 aromatic rings. The molecule has 18 heavy (non-hydrogen) atoms. The Bertz CT molecular complexity index is 419. The first kappa shape index (κ1) is 14.1. The monoisotopic (exact) mass is 250 g/mol. The number of carbonyl (C=O) groups is 1. The molecule has 0 radical (unpaired) electrons. The zero-order valence-electron chi connectivity index (χ0n) is 10.2. The van der Waals surface area contributed by atoms with Crippen molar-refractivity contribution in [1.82, 2.24) is 5.32 Å². The number of nitrogens with one attached hydrogen (secondary N) is 1. The standard InChI is InChI=1S/C13H18N2O3/c1-2-3-7-18-8-6-15-13(17)11-9-10(16)4-5-12(11)14/h2,4-5,9,16H,1,3,6-8,14H2,(H,15,17). The summed E-state index contributed by atoms with van der Waals surface area (Å²) in [6.07, 6.45) is 2.56. The van der Waals surface area contributed by atoms with Crippen molar-refractivity contribution in [3.05, 3.63) is 36.4 Å². The van der Waals surface area contributed by atoms with Gasteiger partial charge >= 0.3 is 0 Å². The van der Waals surface area contributed by atoms with E-state index in [-0.39, 0.29) is 17.2 Å². The molecule has 4 N–H and O–H groups in total. The second-order valence-electron chi connectivity index (χ2n) is 3.72. The highest BCUT2D eigenvalue weighted by Gasteiger charge is 2.09. The number of aromatic hydroxyl groups is 1. The van der Waals surface area contributed by atoms with E-state index >= 15 is 0 Å². The molecule has 0 heterocycles. The Morgan fingerprint density at radius 2 is 2.28 bits per heavy atom. The smallest absolute Gasteiger partial charge is 0.253 e. The van der Waals surface area contributed by atoms with Gasteiger partial charge in [0.1, 0.15) is 5.75 Å². The van der Waals surface area contributed by atoms with Crippen molar-refractivity contribution in [1.29, 1.82) is 0 Å². The van der Waals surface area contributed by atoms with Crippen LogP contribution in [0.3, 0.4) is 0 Å². The van der Waals surface area contributed by atoms with Crippen LogP contribution >= 0.6 is 0 Å². The van der Waals surface area contributed by atoms with Crippen LogP contribution in [0.2, 0.25) is 0 Å². The van der Waals surface area contributed by atoms with E-state index in [0.29, 0.717) is 25.4 Å². The van der Waals surface area contributed by atoms with E-state index in [0.717, 1.165) is 6.42 Å². The van der Waals surface area contributed by atoms with E-state index < -0.39 is 0 Å². The molecule has 5 heteroatoms. The Morgan fingerprint density at radius 1 is 1.50 bits per heavy atom. The lowest BCUT2D eigenvalue weighted by molar-refractivity contribution is 0.0918. The summed E-state index contributed by atoms with van der Waals surface area (Å²) in [6.45, 7) is 4.99. The first-order valence-electron chi connectivity index (χ1n) is 5.70. The normalized spacial score (nSPS) is 10.0. The lowest BCUT2D eigenvalue weighted by Gasteiger charge is -2.08. The molecule has 1 rings (SSSR count). The molecule has 0 aliphatic rings. The largest absolute Gasteiger partial charge is 0.508 e. The molecule has 1 amide bonds. The maximum atomic E-state index is 11.7. The van der Waals surface area contributed by atoms with Crippen LogP contribution in [-0.4, -0.2) is 30.8 Å². The van der Waals surface area contributed by atoms with Gasteiger partial charge in [-0.05, 0) is 24.6 Å². The molecule has 0 saturated carbocycles. The fraction of sp³-hybridized carbons (Fsp3) is 0.308. The van der Waals surface area contributed by atoms with Gasteiger partial charge in [-0.2, -0.15) is 0 Å². The van der Waals surface area contributed by atoms with Gasteiger partial charge in [0.25, 0.3) is 5.91 Å². The third-order valence-electron chi connectivity index (χ3n) is 2.28. The van der Waals surface area contributed by atoms with Crippen LogP contribution in [0.1, 0.15) is 16.8 Å². The van der Waals surface area contributed by atoms with Crippen LogP contribution < -0.4 is 11.1 Å². The number of nitrogen functional groups attached to an aromatic ring is 1. The van der Waals surface area contributed by atoms with Crippen molar-refractivity contribution in [2.45, 2.75) is 6.42 Å². The molecular formula is C13H18N2O3. The number of carbonyl (C=O) groups excluding carboxylic acids is 1. The Hall–Kier alpha value is -2.01. The van der Waals surface area contributed by atoms with Gasteiger partial charge < -0.3 is 20.9 Å². The van der Waals surface area contributed by atoms with Gasteiger partial charge in [-0.1, -0.05) is 6.08 Å². The molecule has 0 spiro atoms. The van der Waals surface area contributed by atoms with E-state index in [1.54, 1.807) is 6.08 Å². The zero-order valence-corrected chi connectivity index (χ0v) is 10.2. The van der Waals surface area contributed by atoms with Gasteiger partial charge in [0.2, 0.25) is 0 Å². The summed E-state index contributed by atoms with van der Waals surface area (Å²) in [5.74, 6) is -0.313. The van der Waals surface area contributed by atoms with Crippen LogP contribution in [0.5, 0.6) is 5.75 Å². The Kier molecular flexibility index (Phi) is 5.73. The summed E-state index contributed by atoms with van der Waals surface area (Å²) in [5, 5.41) is 11.9. The summed E-state index contributed by atoms with van der Waals surface area (Å²) >= 11 is 0. The van der Waals surface area contributed by atoms with Crippen molar-refractivity contribution in [2.24, 2.45) is 0 Å². The minimum absolute atomic E-state index is 0.0107. The number of amides is 1. The van der Waals surface area contributed by atoms with Crippen LogP contribution in [0.25, 0.3) is 0 Å². The fourth-order valence-electron chi connectivity index (χ4n) is 1.34. The molecule has 0 saturated heterocycles. The molecule has 5 nitrogen and oxygen atoms in total. The summed E-state index contributed by atoms with van der Waals surface area (Å²) in [5.41, 5.74) is 6.24. The molecule has 0 bridgehead atoms. The third-order valence-corrected chi connectivity index (χ3v) is 2.28. The third kappa shape index (κ3) is 4.47. The lowest BCUT2D eigenvalue weighted by atomic mass is 10.1. The SMILES string of the molecule is C=CCCOCCNC(=O)c1cc(O)ccc1N. The number of benzene rings is 1. The highest BCUT2D eigenvalue weighted by atomic mass is 16.5. The van der Waals surface area contributed by atoms with Crippen LogP contribution in [0, 0.1) is 0 Å². The van der Waals surface area contributed by atoms with Crippen molar-refractivity contribution in [3.8, 4) is 5.75 Å². The van der Waals surface area contributed by atoms with Gasteiger partial charge in [-0.25, -0.2) is 0 Å². The first-order chi connectivity index (χ1) is 8.65. The van der Waals surface area contributed by atoms with Crippen LogP contribution in [0.4, 0.5) is 5.69 Å². The van der Waals surface area contributed by atoms with E-state index in [1.165, 1.54) is 18.2 Å². The number of hydrogen-bond acceptors (Lipinski definition) is 4. The number of nitrogens with two attached hydrogens (primary N) is 1. The highest BCUT2D eigenvalue weighted by Crippen LogP contribution is 2.17. The summed E-state index contributed by atoms with van der Waals surface area (Å²) < 4.78 is 5.25. The van der Waals surface area contributed by atoms with E-state index in [2.05, 4.69) is 11.9 Å². The average molecular weight is 250 g/mol. The number of anilines is 1. The van der Waals surface area contributed by atoms with Gasteiger partial charge in [-0.3, -0.25) is 4.79 Å². The van der Waals surface area contributed by atoms with Gasteiger partial charge in [-0.15, -0.1) is 6.58 Å². The summed E-state index contributed by atoms with van der Waals surface area (Å²) in [7, 11) is 0. The van der Waals surface area contributed by atoms with E-state index in [9.17, 15) is 9.90 Å². The molecule has 0 fully saturated rings. The molecule has 0 atom stereocenters.